The van der Waals surface area contributed by atoms with Crippen LogP contribution >= 0.6 is 0 Å². The number of nitrogens with zero attached hydrogens (tertiary/aromatic N) is 1. The van der Waals surface area contributed by atoms with E-state index in [4.69, 9.17) is 0 Å². The molecule has 1 aliphatic heterocycles. The molecule has 0 aromatic heterocycles. The van der Waals surface area contributed by atoms with E-state index in [2.05, 4.69) is 19.2 Å². The molecule has 116 valence electrons. The molecule has 1 aromatic carbocycles. The van der Waals surface area contributed by atoms with Crippen LogP contribution in [0.2, 0.25) is 0 Å². The predicted molar refractivity (Wildman–Crippen MR) is 82.2 cm³/mol. The number of amides is 1. The van der Waals surface area contributed by atoms with Crippen LogP contribution in [0, 0.1) is 5.82 Å². The molecule has 0 radical (unpaired) electrons. The van der Waals surface area contributed by atoms with Crippen LogP contribution in [0.15, 0.2) is 24.3 Å². The Bertz CT molecular complexity index is 491. The van der Waals surface area contributed by atoms with Gasteiger partial charge in [0.25, 0.3) is 0 Å². The zero-order chi connectivity index (χ0) is 15.4. The third kappa shape index (κ3) is 3.26. The number of rotatable bonds is 6. The molecule has 1 aliphatic rings. The van der Waals surface area contributed by atoms with Gasteiger partial charge in [-0.1, -0.05) is 44.9 Å². The molecule has 0 saturated carbocycles. The van der Waals surface area contributed by atoms with E-state index in [1.807, 2.05) is 17.9 Å². The van der Waals surface area contributed by atoms with Crippen molar-refractivity contribution in [3.8, 4) is 0 Å². The van der Waals surface area contributed by atoms with Gasteiger partial charge in [0.15, 0.2) is 0 Å². The molecule has 1 fully saturated rings. The van der Waals surface area contributed by atoms with E-state index < -0.39 is 0 Å². The summed E-state index contributed by atoms with van der Waals surface area (Å²) >= 11 is 0. The summed E-state index contributed by atoms with van der Waals surface area (Å²) in [6.45, 7) is 6.21. The Hall–Kier alpha value is -1.42. The van der Waals surface area contributed by atoms with Gasteiger partial charge in [-0.05, 0) is 25.8 Å². The van der Waals surface area contributed by atoms with Crippen molar-refractivity contribution < 1.29 is 9.18 Å². The SMILES string of the molecule is CCCC1NC(c2ccccc2F)N(C(C)CCC)C1=O. The molecule has 0 bridgehead atoms. The topological polar surface area (TPSA) is 32.3 Å². The maximum Gasteiger partial charge on any atom is 0.241 e. The van der Waals surface area contributed by atoms with E-state index in [9.17, 15) is 9.18 Å². The van der Waals surface area contributed by atoms with Gasteiger partial charge in [-0.15, -0.1) is 0 Å². The second-order valence-corrected chi connectivity index (χ2v) is 5.82. The second-order valence-electron chi connectivity index (χ2n) is 5.82. The van der Waals surface area contributed by atoms with Crippen molar-refractivity contribution in [2.75, 3.05) is 0 Å². The Morgan fingerprint density at radius 2 is 2.00 bits per heavy atom. The number of hydrogen-bond donors (Lipinski definition) is 1. The van der Waals surface area contributed by atoms with Crippen molar-refractivity contribution in [3.05, 3.63) is 35.6 Å². The summed E-state index contributed by atoms with van der Waals surface area (Å²) in [6.07, 6.45) is 3.31. The van der Waals surface area contributed by atoms with Crippen molar-refractivity contribution in [3.63, 3.8) is 0 Å². The first kappa shape index (κ1) is 16.0. The minimum absolute atomic E-state index is 0.103. The predicted octanol–water partition coefficient (Wildman–Crippen LogP) is 3.61. The summed E-state index contributed by atoms with van der Waals surface area (Å²) in [6, 6.07) is 6.64. The maximum atomic E-state index is 14.1. The monoisotopic (exact) mass is 292 g/mol. The summed E-state index contributed by atoms with van der Waals surface area (Å²) in [5.74, 6) is -0.153. The van der Waals surface area contributed by atoms with Crippen LogP contribution in [0.5, 0.6) is 0 Å². The summed E-state index contributed by atoms with van der Waals surface area (Å²) in [7, 11) is 0. The minimum Gasteiger partial charge on any atom is -0.319 e. The van der Waals surface area contributed by atoms with E-state index >= 15 is 0 Å². The van der Waals surface area contributed by atoms with Gasteiger partial charge in [0, 0.05) is 11.6 Å². The highest BCUT2D eigenvalue weighted by Crippen LogP contribution is 2.31. The van der Waals surface area contributed by atoms with E-state index in [0.717, 1.165) is 25.7 Å². The molecule has 1 heterocycles. The van der Waals surface area contributed by atoms with Gasteiger partial charge in [0.2, 0.25) is 5.91 Å². The first-order chi connectivity index (χ1) is 10.1. The number of halogens is 1. The van der Waals surface area contributed by atoms with E-state index in [-0.39, 0.29) is 30.0 Å². The van der Waals surface area contributed by atoms with E-state index in [1.54, 1.807) is 12.1 Å². The zero-order valence-electron chi connectivity index (χ0n) is 13.1. The van der Waals surface area contributed by atoms with Crippen LogP contribution in [0.4, 0.5) is 4.39 Å². The van der Waals surface area contributed by atoms with Crippen LogP contribution in [-0.2, 0) is 4.79 Å². The molecule has 0 spiro atoms. The minimum atomic E-state index is -0.350. The van der Waals surface area contributed by atoms with Gasteiger partial charge in [0.1, 0.15) is 12.0 Å². The van der Waals surface area contributed by atoms with Crippen LogP contribution < -0.4 is 5.32 Å². The molecular weight excluding hydrogens is 267 g/mol. The van der Waals surface area contributed by atoms with Crippen LogP contribution in [0.3, 0.4) is 0 Å². The molecule has 1 saturated heterocycles. The number of carbonyl (C=O) groups excluding carboxylic acids is 1. The Morgan fingerprint density at radius 3 is 2.62 bits per heavy atom. The highest BCUT2D eigenvalue weighted by molar-refractivity contribution is 5.84. The summed E-state index contributed by atoms with van der Waals surface area (Å²) in [4.78, 5) is 14.5. The molecule has 1 N–H and O–H groups in total. The molecule has 21 heavy (non-hydrogen) atoms. The van der Waals surface area contributed by atoms with Gasteiger partial charge in [-0.25, -0.2) is 4.39 Å². The van der Waals surface area contributed by atoms with Crippen LogP contribution in [0.25, 0.3) is 0 Å². The van der Waals surface area contributed by atoms with Crippen LogP contribution in [-0.4, -0.2) is 22.9 Å². The van der Waals surface area contributed by atoms with Crippen molar-refractivity contribution in [2.45, 2.75) is 64.7 Å². The summed E-state index contributed by atoms with van der Waals surface area (Å²) < 4.78 is 14.1. The van der Waals surface area contributed by atoms with E-state index in [0.29, 0.717) is 5.56 Å². The zero-order valence-corrected chi connectivity index (χ0v) is 13.1. The lowest BCUT2D eigenvalue weighted by Gasteiger charge is -2.30. The number of hydrogen-bond acceptors (Lipinski definition) is 2. The fraction of sp³-hybridized carbons (Fsp3) is 0.588. The average molecular weight is 292 g/mol. The molecule has 3 atom stereocenters. The number of benzene rings is 1. The lowest BCUT2D eigenvalue weighted by atomic mass is 10.1. The normalized spacial score (nSPS) is 23.6. The molecule has 1 aromatic rings. The molecule has 3 unspecified atom stereocenters. The van der Waals surface area contributed by atoms with Gasteiger partial charge in [-0.3, -0.25) is 10.1 Å². The third-order valence-corrected chi connectivity index (χ3v) is 4.15. The smallest absolute Gasteiger partial charge is 0.241 e. The van der Waals surface area contributed by atoms with Gasteiger partial charge < -0.3 is 4.90 Å². The highest BCUT2D eigenvalue weighted by atomic mass is 19.1. The fourth-order valence-electron chi connectivity index (χ4n) is 3.11. The maximum absolute atomic E-state index is 14.1. The van der Waals surface area contributed by atoms with Gasteiger partial charge in [0.05, 0.1) is 6.04 Å². The summed E-state index contributed by atoms with van der Waals surface area (Å²) in [5, 5.41) is 3.32. The number of carbonyl (C=O) groups is 1. The molecule has 1 amide bonds. The summed E-state index contributed by atoms with van der Waals surface area (Å²) in [5.41, 5.74) is 0.562. The Morgan fingerprint density at radius 1 is 1.29 bits per heavy atom. The standard InChI is InChI=1S/C17H25FN2O/c1-4-8-12(3)20-16(13-10-6-7-11-14(13)18)19-15(9-5-2)17(20)21/h6-7,10-12,15-16,19H,4-5,8-9H2,1-3H3. The van der Waals surface area contributed by atoms with Crippen molar-refractivity contribution in [1.82, 2.24) is 10.2 Å². The Balaban J connectivity index is 2.32. The second kappa shape index (κ2) is 7.03. The molecular formula is C17H25FN2O. The van der Waals surface area contributed by atoms with E-state index in [1.165, 1.54) is 6.07 Å². The molecule has 2 rings (SSSR count). The van der Waals surface area contributed by atoms with Crippen molar-refractivity contribution in [1.29, 1.82) is 0 Å². The van der Waals surface area contributed by atoms with Gasteiger partial charge >= 0.3 is 0 Å². The molecule has 0 aliphatic carbocycles. The molecule has 3 nitrogen and oxygen atoms in total. The highest BCUT2D eigenvalue weighted by Gasteiger charge is 2.41. The van der Waals surface area contributed by atoms with Crippen molar-refractivity contribution in [2.24, 2.45) is 0 Å². The Kier molecular flexibility index (Phi) is 5.34. The average Bonchev–Trinajstić information content (AvgIpc) is 2.77. The third-order valence-electron chi connectivity index (χ3n) is 4.15. The Labute approximate surface area is 126 Å². The lowest BCUT2D eigenvalue weighted by Crippen LogP contribution is -2.38. The quantitative estimate of drug-likeness (QED) is 0.868. The van der Waals surface area contributed by atoms with Gasteiger partial charge in [-0.2, -0.15) is 0 Å². The van der Waals surface area contributed by atoms with Crippen LogP contribution in [0.1, 0.15) is 58.2 Å². The lowest BCUT2D eigenvalue weighted by molar-refractivity contribution is -0.132. The number of nitrogens with one attached hydrogen (secondary N) is 1. The first-order valence-corrected chi connectivity index (χ1v) is 7.92. The largest absolute Gasteiger partial charge is 0.319 e. The molecule has 4 heteroatoms. The van der Waals surface area contributed by atoms with Crippen molar-refractivity contribution >= 4 is 5.91 Å². The first-order valence-electron chi connectivity index (χ1n) is 7.92. The fourth-order valence-corrected chi connectivity index (χ4v) is 3.11.